The van der Waals surface area contributed by atoms with Gasteiger partial charge in [-0.25, -0.2) is 0 Å². The molecule has 0 saturated heterocycles. The fourth-order valence-corrected chi connectivity index (χ4v) is 1.68. The second-order valence-electron chi connectivity index (χ2n) is 3.03. The Morgan fingerprint density at radius 2 is 1.75 bits per heavy atom. The molecule has 0 aliphatic carbocycles. The zero-order chi connectivity index (χ0) is 13.0. The van der Waals surface area contributed by atoms with Gasteiger partial charge in [0.25, 0.3) is 0 Å². The smallest absolute Gasteiger partial charge is 0.263 e. The Hall–Kier alpha value is -0.970. The maximum atomic E-state index is 12.2. The van der Waals surface area contributed by atoms with Gasteiger partial charge in [-0.15, -0.1) is 0 Å². The quantitative estimate of drug-likeness (QED) is 0.700. The van der Waals surface area contributed by atoms with Crippen LogP contribution in [0.5, 0.6) is 0 Å². The molecule has 1 unspecified atom stereocenters. The molecule has 1 atom stereocenters. The molecule has 1 nitrogen and oxygen atoms in total. The Bertz CT molecular complexity index is 433. The standard InChI is InChI=1S/C9H9F3OS.C2H6/c1-14(2,13)8-5-3-4-7(6-8)9(10,11)12;1-2/h3-6H,1H2,2H3;1-2H3. The molecule has 1 rings (SSSR count). The largest absolute Gasteiger partial charge is 0.416 e. The van der Waals surface area contributed by atoms with Crippen molar-refractivity contribution >= 4 is 15.4 Å². The molecule has 0 aliphatic heterocycles. The molecule has 92 valence electrons. The van der Waals surface area contributed by atoms with Crippen LogP contribution in [0.1, 0.15) is 19.4 Å². The molecule has 16 heavy (non-hydrogen) atoms. The lowest BCUT2D eigenvalue weighted by atomic mass is 10.2. The molecule has 0 N–H and O–H groups in total. The Morgan fingerprint density at radius 3 is 2.12 bits per heavy atom. The van der Waals surface area contributed by atoms with Crippen LogP contribution in [0.25, 0.3) is 0 Å². The van der Waals surface area contributed by atoms with Crippen molar-refractivity contribution in [2.24, 2.45) is 0 Å². The van der Waals surface area contributed by atoms with Crippen molar-refractivity contribution in [3.8, 4) is 0 Å². The van der Waals surface area contributed by atoms with Gasteiger partial charge in [0, 0.05) is 11.2 Å². The first kappa shape index (κ1) is 15.0. The van der Waals surface area contributed by atoms with E-state index in [0.717, 1.165) is 12.1 Å². The van der Waals surface area contributed by atoms with Crippen LogP contribution in [-0.2, 0) is 15.7 Å². The van der Waals surface area contributed by atoms with Crippen LogP contribution in [0, 0.1) is 0 Å². The van der Waals surface area contributed by atoms with Crippen LogP contribution in [0.2, 0.25) is 0 Å². The Morgan fingerprint density at radius 1 is 1.25 bits per heavy atom. The van der Waals surface area contributed by atoms with Gasteiger partial charge in [0.2, 0.25) is 0 Å². The maximum Gasteiger partial charge on any atom is 0.416 e. The van der Waals surface area contributed by atoms with Gasteiger partial charge in [0.1, 0.15) is 0 Å². The van der Waals surface area contributed by atoms with E-state index in [0.29, 0.717) is 0 Å². The highest BCUT2D eigenvalue weighted by Crippen LogP contribution is 2.30. The minimum atomic E-state index is -4.40. The Labute approximate surface area is 94.3 Å². The van der Waals surface area contributed by atoms with E-state index < -0.39 is 21.3 Å². The van der Waals surface area contributed by atoms with Gasteiger partial charge in [-0.3, -0.25) is 4.21 Å². The molecule has 0 amide bonds. The molecule has 0 radical (unpaired) electrons. The van der Waals surface area contributed by atoms with E-state index in [4.69, 9.17) is 0 Å². The van der Waals surface area contributed by atoms with Crippen LogP contribution < -0.4 is 0 Å². The third-order valence-corrected chi connectivity index (χ3v) is 2.91. The van der Waals surface area contributed by atoms with Gasteiger partial charge in [-0.1, -0.05) is 19.9 Å². The zero-order valence-electron chi connectivity index (χ0n) is 9.47. The fraction of sp³-hybridized carbons (Fsp3) is 0.364. The van der Waals surface area contributed by atoms with E-state index in [2.05, 4.69) is 5.87 Å². The van der Waals surface area contributed by atoms with E-state index >= 15 is 0 Å². The summed E-state index contributed by atoms with van der Waals surface area (Å²) in [4.78, 5) is 0.118. The molecule has 0 spiro atoms. The van der Waals surface area contributed by atoms with Crippen LogP contribution in [-0.4, -0.2) is 16.3 Å². The lowest BCUT2D eigenvalue weighted by Gasteiger charge is -2.08. The average Bonchev–Trinajstić information content (AvgIpc) is 2.18. The molecule has 0 bridgehead atoms. The number of hydrogen-bond donors (Lipinski definition) is 0. The number of hydrogen-bond acceptors (Lipinski definition) is 1. The van der Waals surface area contributed by atoms with Gasteiger partial charge in [0.15, 0.2) is 0 Å². The van der Waals surface area contributed by atoms with Crippen molar-refractivity contribution in [2.75, 3.05) is 6.26 Å². The Kier molecular flexibility index (Phi) is 5.06. The van der Waals surface area contributed by atoms with Crippen molar-refractivity contribution in [3.05, 3.63) is 29.8 Å². The SMILES string of the molecule is C=S(C)(=O)c1cccc(C(F)(F)F)c1.CC. The van der Waals surface area contributed by atoms with Crippen LogP contribution in [0.3, 0.4) is 0 Å². The fourth-order valence-electron chi connectivity index (χ4n) is 0.941. The second kappa shape index (κ2) is 5.39. The first-order chi connectivity index (χ1) is 7.21. The van der Waals surface area contributed by atoms with Crippen molar-refractivity contribution < 1.29 is 17.4 Å². The topological polar surface area (TPSA) is 17.1 Å². The number of alkyl halides is 3. The highest BCUT2D eigenvalue weighted by Gasteiger charge is 2.30. The molecule has 0 heterocycles. The van der Waals surface area contributed by atoms with Crippen molar-refractivity contribution in [1.29, 1.82) is 0 Å². The summed E-state index contributed by atoms with van der Waals surface area (Å²) in [6.45, 7) is 4.00. The van der Waals surface area contributed by atoms with Crippen LogP contribution in [0.15, 0.2) is 29.2 Å². The van der Waals surface area contributed by atoms with E-state index in [1.54, 1.807) is 0 Å². The predicted octanol–water partition coefficient (Wildman–Crippen LogP) is 3.44. The van der Waals surface area contributed by atoms with Crippen molar-refractivity contribution in [3.63, 3.8) is 0 Å². The van der Waals surface area contributed by atoms with Crippen LogP contribution >= 0.6 is 0 Å². The van der Waals surface area contributed by atoms with Gasteiger partial charge in [-0.05, 0) is 33.6 Å². The summed E-state index contributed by atoms with van der Waals surface area (Å²) >= 11 is 0. The molecule has 0 aromatic heterocycles. The van der Waals surface area contributed by atoms with Crippen molar-refractivity contribution in [2.45, 2.75) is 24.9 Å². The summed E-state index contributed by atoms with van der Waals surface area (Å²) < 4.78 is 48.1. The van der Waals surface area contributed by atoms with E-state index in [-0.39, 0.29) is 4.90 Å². The number of halogens is 3. The van der Waals surface area contributed by atoms with Gasteiger partial charge in [-0.2, -0.15) is 13.2 Å². The number of rotatable bonds is 1. The highest BCUT2D eigenvalue weighted by molar-refractivity contribution is 7.99. The first-order valence-electron chi connectivity index (χ1n) is 4.71. The van der Waals surface area contributed by atoms with Gasteiger partial charge >= 0.3 is 6.18 Å². The molecular formula is C11H15F3OS. The summed E-state index contributed by atoms with van der Waals surface area (Å²) in [6, 6.07) is 4.42. The summed E-state index contributed by atoms with van der Waals surface area (Å²) in [5, 5.41) is 0. The first-order valence-corrected chi connectivity index (χ1v) is 6.84. The van der Waals surface area contributed by atoms with Gasteiger partial charge in [0.05, 0.1) is 5.56 Å². The summed E-state index contributed by atoms with van der Waals surface area (Å²) in [7, 11) is -2.59. The third kappa shape index (κ3) is 4.26. The summed E-state index contributed by atoms with van der Waals surface area (Å²) in [5.41, 5.74) is -0.798. The van der Waals surface area contributed by atoms with E-state index in [1.165, 1.54) is 18.4 Å². The Balaban J connectivity index is 0.00000106. The average molecular weight is 252 g/mol. The molecule has 5 heteroatoms. The predicted molar refractivity (Wildman–Crippen MR) is 62.2 cm³/mol. The van der Waals surface area contributed by atoms with E-state index in [1.807, 2.05) is 13.8 Å². The molecule has 1 aromatic carbocycles. The number of benzene rings is 1. The molecular weight excluding hydrogens is 237 g/mol. The lowest BCUT2D eigenvalue weighted by Crippen LogP contribution is -2.06. The molecule has 0 fully saturated rings. The lowest BCUT2D eigenvalue weighted by molar-refractivity contribution is -0.137. The molecule has 0 aliphatic rings. The summed E-state index contributed by atoms with van der Waals surface area (Å²) in [5.74, 6) is 3.32. The second-order valence-corrected chi connectivity index (χ2v) is 5.51. The van der Waals surface area contributed by atoms with E-state index in [9.17, 15) is 17.4 Å². The third-order valence-electron chi connectivity index (χ3n) is 1.66. The minimum Gasteiger partial charge on any atom is -0.263 e. The normalized spacial score (nSPS) is 14.6. The summed E-state index contributed by atoms with van der Waals surface area (Å²) in [6.07, 6.45) is -3.09. The van der Waals surface area contributed by atoms with Crippen molar-refractivity contribution in [1.82, 2.24) is 0 Å². The monoisotopic (exact) mass is 252 g/mol. The minimum absolute atomic E-state index is 0.118. The molecule has 1 aromatic rings. The highest BCUT2D eigenvalue weighted by atomic mass is 32.2. The maximum absolute atomic E-state index is 12.2. The molecule has 0 saturated carbocycles. The van der Waals surface area contributed by atoms with Crippen LogP contribution in [0.4, 0.5) is 13.2 Å². The van der Waals surface area contributed by atoms with Gasteiger partial charge < -0.3 is 0 Å². The zero-order valence-corrected chi connectivity index (χ0v) is 10.3.